The molecular weight excluding hydrogens is 172 g/mol. The largest absolute Gasteiger partial charge is 0.348 e. The molecule has 0 aromatic carbocycles. The van der Waals surface area contributed by atoms with E-state index < -0.39 is 0 Å². The van der Waals surface area contributed by atoms with Gasteiger partial charge in [0.05, 0.1) is 6.54 Å². The maximum Gasteiger partial charge on any atom is 0.236 e. The quantitative estimate of drug-likeness (QED) is 0.616. The molecule has 0 rings (SSSR count). The molecule has 0 saturated carbocycles. The fraction of sp³-hybridized carbons (Fsp3) is 0.875. The van der Waals surface area contributed by atoms with Gasteiger partial charge in [-0.3, -0.25) is 4.79 Å². The molecule has 1 N–H and O–H groups in total. The van der Waals surface area contributed by atoms with Gasteiger partial charge in [0.15, 0.2) is 0 Å². The van der Waals surface area contributed by atoms with Crippen molar-refractivity contribution in [3.8, 4) is 0 Å². The van der Waals surface area contributed by atoms with Gasteiger partial charge < -0.3 is 10.2 Å². The molecule has 72 valence electrons. The maximum absolute atomic E-state index is 11.0. The van der Waals surface area contributed by atoms with E-state index >= 15 is 0 Å². The highest BCUT2D eigenvalue weighted by Crippen LogP contribution is 1.92. The van der Waals surface area contributed by atoms with E-state index in [2.05, 4.69) is 11.6 Å². The lowest BCUT2D eigenvalue weighted by molar-refractivity contribution is -0.127. The zero-order chi connectivity index (χ0) is 9.40. The molecular formula is C8H18N2OS. The first-order chi connectivity index (χ1) is 5.68. The number of amides is 1. The molecule has 0 aliphatic rings. The van der Waals surface area contributed by atoms with Crippen LogP contribution in [0, 0.1) is 0 Å². The highest BCUT2D eigenvalue weighted by Gasteiger charge is 2.00. The first-order valence-electron chi connectivity index (χ1n) is 4.08. The molecule has 0 aliphatic carbocycles. The molecule has 0 aromatic rings. The minimum absolute atomic E-state index is 0.138. The van der Waals surface area contributed by atoms with Crippen molar-refractivity contribution >= 4 is 17.7 Å². The highest BCUT2D eigenvalue weighted by molar-refractivity contribution is 7.98. The number of nitrogens with zero attached hydrogens (tertiary/aromatic N) is 1. The van der Waals surface area contributed by atoms with Crippen LogP contribution in [-0.2, 0) is 4.79 Å². The molecule has 0 bridgehead atoms. The maximum atomic E-state index is 11.0. The van der Waals surface area contributed by atoms with Gasteiger partial charge in [-0.05, 0) is 25.0 Å². The first kappa shape index (κ1) is 11.8. The minimum Gasteiger partial charge on any atom is -0.348 e. The van der Waals surface area contributed by atoms with Gasteiger partial charge in [-0.2, -0.15) is 11.8 Å². The Hall–Kier alpha value is -0.220. The van der Waals surface area contributed by atoms with Crippen LogP contribution in [0.3, 0.4) is 0 Å². The molecule has 0 aromatic heterocycles. The number of carbonyl (C=O) groups excluding carboxylic acids is 1. The second-order valence-corrected chi connectivity index (χ2v) is 3.80. The van der Waals surface area contributed by atoms with Crippen LogP contribution >= 0.6 is 11.8 Å². The zero-order valence-corrected chi connectivity index (χ0v) is 8.91. The summed E-state index contributed by atoms with van der Waals surface area (Å²) in [7, 11) is 3.54. The van der Waals surface area contributed by atoms with Crippen molar-refractivity contribution in [2.45, 2.75) is 6.42 Å². The molecule has 0 atom stereocenters. The Morgan fingerprint density at radius 1 is 1.50 bits per heavy atom. The monoisotopic (exact) mass is 190 g/mol. The summed E-state index contributed by atoms with van der Waals surface area (Å²) in [6.45, 7) is 1.39. The Bertz CT molecular complexity index is 128. The topological polar surface area (TPSA) is 32.3 Å². The van der Waals surface area contributed by atoms with Crippen LogP contribution in [0.25, 0.3) is 0 Å². The van der Waals surface area contributed by atoms with E-state index in [-0.39, 0.29) is 5.91 Å². The predicted molar refractivity (Wildman–Crippen MR) is 54.6 cm³/mol. The van der Waals surface area contributed by atoms with Gasteiger partial charge in [-0.15, -0.1) is 0 Å². The van der Waals surface area contributed by atoms with E-state index in [4.69, 9.17) is 0 Å². The average Bonchev–Trinajstić information content (AvgIpc) is 2.03. The molecule has 3 nitrogen and oxygen atoms in total. The van der Waals surface area contributed by atoms with Crippen LogP contribution in [0.4, 0.5) is 0 Å². The summed E-state index contributed by atoms with van der Waals surface area (Å²) in [5, 5.41) is 3.10. The summed E-state index contributed by atoms with van der Waals surface area (Å²) in [4.78, 5) is 12.6. The summed E-state index contributed by atoms with van der Waals surface area (Å²) in [6, 6.07) is 0. The predicted octanol–water partition coefficient (Wildman–Crippen LogP) is 0.417. The standard InChI is InChI=1S/C8H18N2OS/c1-10(2)8(11)7-9-5-4-6-12-3/h9H,4-7H2,1-3H3. The summed E-state index contributed by atoms with van der Waals surface area (Å²) in [6.07, 6.45) is 3.22. The summed E-state index contributed by atoms with van der Waals surface area (Å²) in [5.74, 6) is 1.29. The van der Waals surface area contributed by atoms with Crippen LogP contribution < -0.4 is 5.32 Å². The van der Waals surface area contributed by atoms with E-state index in [9.17, 15) is 4.79 Å². The number of rotatable bonds is 6. The Morgan fingerprint density at radius 3 is 2.67 bits per heavy atom. The number of nitrogens with one attached hydrogen (secondary N) is 1. The third-order valence-electron chi connectivity index (χ3n) is 1.48. The van der Waals surface area contributed by atoms with E-state index in [0.717, 1.165) is 18.7 Å². The third-order valence-corrected chi connectivity index (χ3v) is 2.17. The minimum atomic E-state index is 0.138. The van der Waals surface area contributed by atoms with Crippen LogP contribution in [0.2, 0.25) is 0 Å². The summed E-state index contributed by atoms with van der Waals surface area (Å²) >= 11 is 1.83. The van der Waals surface area contributed by atoms with Crippen molar-refractivity contribution < 1.29 is 4.79 Å². The molecule has 0 aliphatic heterocycles. The lowest BCUT2D eigenvalue weighted by Crippen LogP contribution is -2.33. The number of hydrogen-bond acceptors (Lipinski definition) is 3. The lowest BCUT2D eigenvalue weighted by atomic mass is 10.4. The number of hydrogen-bond donors (Lipinski definition) is 1. The highest BCUT2D eigenvalue weighted by atomic mass is 32.2. The normalized spacial score (nSPS) is 9.92. The number of thioether (sulfide) groups is 1. The van der Waals surface area contributed by atoms with E-state index in [0.29, 0.717) is 6.54 Å². The van der Waals surface area contributed by atoms with E-state index in [1.165, 1.54) is 0 Å². The Morgan fingerprint density at radius 2 is 2.17 bits per heavy atom. The second-order valence-electron chi connectivity index (χ2n) is 2.81. The molecule has 4 heteroatoms. The first-order valence-corrected chi connectivity index (χ1v) is 5.47. The van der Waals surface area contributed by atoms with Crippen LogP contribution in [0.15, 0.2) is 0 Å². The van der Waals surface area contributed by atoms with Gasteiger partial charge >= 0.3 is 0 Å². The van der Waals surface area contributed by atoms with Crippen LogP contribution in [-0.4, -0.2) is 50.0 Å². The van der Waals surface area contributed by atoms with Gasteiger partial charge in [-0.1, -0.05) is 0 Å². The van der Waals surface area contributed by atoms with Gasteiger partial charge in [0.1, 0.15) is 0 Å². The van der Waals surface area contributed by atoms with Gasteiger partial charge in [0, 0.05) is 14.1 Å². The van der Waals surface area contributed by atoms with Crippen molar-refractivity contribution in [2.75, 3.05) is 39.2 Å². The van der Waals surface area contributed by atoms with Crippen molar-refractivity contribution in [1.29, 1.82) is 0 Å². The van der Waals surface area contributed by atoms with Crippen molar-refractivity contribution in [3.05, 3.63) is 0 Å². The van der Waals surface area contributed by atoms with Crippen LogP contribution in [0.5, 0.6) is 0 Å². The Labute approximate surface area is 78.9 Å². The molecule has 0 spiro atoms. The number of likely N-dealkylation sites (N-methyl/N-ethyl adjacent to an activating group) is 1. The van der Waals surface area contributed by atoms with Crippen molar-refractivity contribution in [3.63, 3.8) is 0 Å². The fourth-order valence-electron chi connectivity index (χ4n) is 0.695. The zero-order valence-electron chi connectivity index (χ0n) is 8.09. The molecule has 0 fully saturated rings. The smallest absolute Gasteiger partial charge is 0.236 e. The van der Waals surface area contributed by atoms with Gasteiger partial charge in [-0.25, -0.2) is 0 Å². The van der Waals surface area contributed by atoms with Crippen molar-refractivity contribution in [1.82, 2.24) is 10.2 Å². The van der Waals surface area contributed by atoms with E-state index in [1.807, 2.05) is 11.8 Å². The average molecular weight is 190 g/mol. The Kier molecular flexibility index (Phi) is 7.29. The second kappa shape index (κ2) is 7.43. The molecule has 12 heavy (non-hydrogen) atoms. The lowest BCUT2D eigenvalue weighted by Gasteiger charge is -2.10. The van der Waals surface area contributed by atoms with Gasteiger partial charge in [0.2, 0.25) is 5.91 Å². The molecule has 0 saturated heterocycles. The molecule has 1 amide bonds. The molecule has 0 radical (unpaired) electrons. The Balaban J connectivity index is 3.14. The van der Waals surface area contributed by atoms with Crippen molar-refractivity contribution in [2.24, 2.45) is 0 Å². The van der Waals surface area contributed by atoms with E-state index in [1.54, 1.807) is 19.0 Å². The third kappa shape index (κ3) is 6.49. The summed E-state index contributed by atoms with van der Waals surface area (Å²) < 4.78 is 0. The summed E-state index contributed by atoms with van der Waals surface area (Å²) in [5.41, 5.74) is 0. The van der Waals surface area contributed by atoms with Gasteiger partial charge in [0.25, 0.3) is 0 Å². The fourth-order valence-corrected chi connectivity index (χ4v) is 1.13. The number of carbonyl (C=O) groups is 1. The SMILES string of the molecule is CSCCCNCC(=O)N(C)C. The van der Waals surface area contributed by atoms with Crippen LogP contribution in [0.1, 0.15) is 6.42 Å². The molecule has 0 unspecified atom stereocenters. The molecule has 0 heterocycles.